The summed E-state index contributed by atoms with van der Waals surface area (Å²) >= 11 is 18.4. The molecule has 1 amide bonds. The molecule has 4 aromatic rings. The lowest BCUT2D eigenvalue weighted by Gasteiger charge is -2.13. The first-order valence-electron chi connectivity index (χ1n) is 11.7. The molecule has 1 heterocycles. The molecule has 0 fully saturated rings. The molecule has 0 radical (unpaired) electrons. The third-order valence-electron chi connectivity index (χ3n) is 5.72. The largest absolute Gasteiger partial charge is 0.496 e. The topological polar surface area (TPSA) is 121 Å². The van der Waals surface area contributed by atoms with Gasteiger partial charge in [0.05, 0.1) is 46.8 Å². The van der Waals surface area contributed by atoms with Crippen molar-refractivity contribution in [2.45, 2.75) is 20.1 Å². The zero-order chi connectivity index (χ0) is 28.8. The van der Waals surface area contributed by atoms with Crippen molar-refractivity contribution in [1.29, 1.82) is 0 Å². The lowest BCUT2D eigenvalue weighted by molar-refractivity contribution is -0.389. The minimum atomic E-state index is -0.536. The third-order valence-corrected chi connectivity index (χ3v) is 6.50. The maximum atomic E-state index is 12.6. The molecule has 0 saturated carbocycles. The Morgan fingerprint density at radius 3 is 2.42 bits per heavy atom. The Morgan fingerprint density at radius 2 is 1.80 bits per heavy atom. The number of carbonyl (C=O) groups is 1. The summed E-state index contributed by atoms with van der Waals surface area (Å²) in [5.74, 6) is 0.270. The van der Waals surface area contributed by atoms with Gasteiger partial charge in [-0.2, -0.15) is 9.78 Å². The van der Waals surface area contributed by atoms with E-state index < -0.39 is 10.8 Å². The van der Waals surface area contributed by atoms with Gasteiger partial charge in [-0.1, -0.05) is 46.9 Å². The summed E-state index contributed by atoms with van der Waals surface area (Å²) in [5, 5.41) is 19.9. The highest BCUT2D eigenvalue weighted by atomic mass is 35.5. The number of aromatic nitrogens is 2. The van der Waals surface area contributed by atoms with Gasteiger partial charge in [-0.05, 0) is 65.4 Å². The van der Waals surface area contributed by atoms with Crippen LogP contribution in [0.25, 0.3) is 0 Å². The number of amides is 1. The second-order valence-corrected chi connectivity index (χ2v) is 9.76. The van der Waals surface area contributed by atoms with E-state index in [9.17, 15) is 14.9 Å². The lowest BCUT2D eigenvalue weighted by Crippen LogP contribution is -2.17. The number of nitrogens with zero attached hydrogens (tertiary/aromatic N) is 4. The van der Waals surface area contributed by atoms with E-state index in [0.717, 1.165) is 5.56 Å². The first-order valence-corrected chi connectivity index (χ1v) is 12.8. The quantitative estimate of drug-likeness (QED) is 0.126. The molecule has 1 aromatic heterocycles. The van der Waals surface area contributed by atoms with Crippen molar-refractivity contribution in [3.8, 4) is 11.5 Å². The number of nitrogens with one attached hydrogen (secondary N) is 1. The number of halogens is 3. The number of nitro groups is 1. The summed E-state index contributed by atoms with van der Waals surface area (Å²) < 4.78 is 12.8. The number of benzene rings is 3. The number of ether oxygens (including phenoxy) is 2. The number of rotatable bonds is 10. The molecular weight excluding hydrogens is 581 g/mol. The number of hydrogen-bond donors (Lipinski definition) is 1. The summed E-state index contributed by atoms with van der Waals surface area (Å²) in [6.45, 7) is 2.18. The van der Waals surface area contributed by atoms with Gasteiger partial charge in [0, 0.05) is 16.1 Å². The molecule has 40 heavy (non-hydrogen) atoms. The van der Waals surface area contributed by atoms with Crippen LogP contribution in [0.15, 0.2) is 65.8 Å². The molecule has 1 N–H and O–H groups in total. The van der Waals surface area contributed by atoms with Gasteiger partial charge in [0.25, 0.3) is 5.91 Å². The molecule has 0 spiro atoms. The molecule has 0 unspecified atom stereocenters. The summed E-state index contributed by atoms with van der Waals surface area (Å²) in [6, 6.07) is 16.6. The average molecular weight is 603 g/mol. The molecule has 4 rings (SSSR count). The zero-order valence-corrected chi connectivity index (χ0v) is 23.5. The Labute approximate surface area is 244 Å². The average Bonchev–Trinajstić information content (AvgIpc) is 3.28. The van der Waals surface area contributed by atoms with Crippen LogP contribution in [0.2, 0.25) is 15.1 Å². The molecule has 0 aliphatic heterocycles. The molecular formula is C27H22Cl3N5O5. The fourth-order valence-electron chi connectivity index (χ4n) is 3.71. The van der Waals surface area contributed by atoms with Crippen molar-refractivity contribution >= 4 is 52.7 Å². The van der Waals surface area contributed by atoms with Gasteiger partial charge in [0.1, 0.15) is 12.4 Å². The van der Waals surface area contributed by atoms with E-state index in [0.29, 0.717) is 45.5 Å². The summed E-state index contributed by atoms with van der Waals surface area (Å²) in [5.41, 5.74) is 5.77. The number of carbonyl (C=O) groups excluding carboxylic acids is 1. The van der Waals surface area contributed by atoms with E-state index in [4.69, 9.17) is 44.3 Å². The van der Waals surface area contributed by atoms with Crippen LogP contribution in [-0.2, 0) is 13.2 Å². The molecule has 0 aliphatic rings. The lowest BCUT2D eigenvalue weighted by atomic mass is 10.1. The van der Waals surface area contributed by atoms with Crippen LogP contribution in [0.3, 0.4) is 0 Å². The van der Waals surface area contributed by atoms with Crippen molar-refractivity contribution < 1.29 is 19.2 Å². The summed E-state index contributed by atoms with van der Waals surface area (Å²) in [7, 11) is 1.54. The highest BCUT2D eigenvalue weighted by Crippen LogP contribution is 2.36. The van der Waals surface area contributed by atoms with Crippen LogP contribution in [0.5, 0.6) is 11.5 Å². The summed E-state index contributed by atoms with van der Waals surface area (Å²) in [6.07, 6.45) is 1.49. The molecule has 0 saturated heterocycles. The SMILES string of the molecule is COc1ccc(C=NNC(=O)c2ccc(Cn3nc([N+](=O)[O-])cc3C)cc2)cc1COc1c(Cl)cc(Cl)cc1Cl. The molecule has 10 nitrogen and oxygen atoms in total. The standard InChI is InChI=1S/C27H22Cl3N5O5/c1-16-9-25(35(37)38)33-34(16)14-17-3-6-19(7-4-17)27(36)32-31-13-18-5-8-24(39-2)20(10-18)15-40-26-22(29)11-21(28)12-23(26)30/h3-13H,14-15H2,1-2H3,(H,32,36). The van der Waals surface area contributed by atoms with Crippen molar-refractivity contribution in [3.05, 3.63) is 114 Å². The number of hydrogen-bond acceptors (Lipinski definition) is 7. The van der Waals surface area contributed by atoms with Gasteiger partial charge in [0.15, 0.2) is 5.75 Å². The van der Waals surface area contributed by atoms with Gasteiger partial charge in [-0.3, -0.25) is 4.79 Å². The highest BCUT2D eigenvalue weighted by molar-refractivity contribution is 6.40. The predicted molar refractivity (Wildman–Crippen MR) is 153 cm³/mol. The Bertz CT molecular complexity index is 1570. The van der Waals surface area contributed by atoms with E-state index >= 15 is 0 Å². The van der Waals surface area contributed by atoms with E-state index in [-0.39, 0.29) is 22.5 Å². The van der Waals surface area contributed by atoms with Gasteiger partial charge in [-0.25, -0.2) is 5.43 Å². The first-order chi connectivity index (χ1) is 19.1. The number of aryl methyl sites for hydroxylation is 1. The van der Waals surface area contributed by atoms with Gasteiger partial charge >= 0.3 is 5.82 Å². The number of hydrazone groups is 1. The molecule has 3 aromatic carbocycles. The van der Waals surface area contributed by atoms with Gasteiger partial charge in [0.2, 0.25) is 0 Å². The smallest absolute Gasteiger partial charge is 0.390 e. The highest BCUT2D eigenvalue weighted by Gasteiger charge is 2.16. The van der Waals surface area contributed by atoms with Crippen molar-refractivity contribution in [1.82, 2.24) is 15.2 Å². The Kier molecular flexibility index (Phi) is 9.26. The van der Waals surface area contributed by atoms with Gasteiger partial charge < -0.3 is 19.6 Å². The monoisotopic (exact) mass is 601 g/mol. The fourth-order valence-corrected chi connectivity index (χ4v) is 4.64. The fraction of sp³-hybridized carbons (Fsp3) is 0.148. The Balaban J connectivity index is 1.38. The maximum absolute atomic E-state index is 12.6. The third kappa shape index (κ3) is 7.09. The van der Waals surface area contributed by atoms with Crippen molar-refractivity contribution in [2.75, 3.05) is 7.11 Å². The minimum Gasteiger partial charge on any atom is -0.496 e. The van der Waals surface area contributed by atoms with Crippen LogP contribution in [0.4, 0.5) is 5.82 Å². The van der Waals surface area contributed by atoms with Crippen LogP contribution < -0.4 is 14.9 Å². The van der Waals surface area contributed by atoms with Crippen molar-refractivity contribution in [2.24, 2.45) is 5.10 Å². The molecule has 0 aliphatic carbocycles. The van der Waals surface area contributed by atoms with Crippen LogP contribution in [-0.4, -0.2) is 33.9 Å². The van der Waals surface area contributed by atoms with Crippen LogP contribution >= 0.6 is 34.8 Å². The maximum Gasteiger partial charge on any atom is 0.390 e. The normalized spacial score (nSPS) is 11.0. The van der Waals surface area contributed by atoms with Crippen LogP contribution in [0, 0.1) is 17.0 Å². The van der Waals surface area contributed by atoms with E-state index in [1.807, 2.05) is 0 Å². The second kappa shape index (κ2) is 12.8. The first kappa shape index (κ1) is 28.9. The van der Waals surface area contributed by atoms with Gasteiger partial charge in [-0.15, -0.1) is 0 Å². The minimum absolute atomic E-state index is 0.107. The number of methoxy groups -OCH3 is 1. The second-order valence-electron chi connectivity index (χ2n) is 8.51. The molecule has 206 valence electrons. The van der Waals surface area contributed by atoms with Crippen molar-refractivity contribution in [3.63, 3.8) is 0 Å². The van der Waals surface area contributed by atoms with E-state index in [1.54, 1.807) is 56.5 Å². The molecule has 13 heteroatoms. The Morgan fingerprint density at radius 1 is 1.10 bits per heavy atom. The Hall–Kier alpha value is -4.12. The summed E-state index contributed by atoms with van der Waals surface area (Å²) in [4.78, 5) is 22.9. The van der Waals surface area contributed by atoms with Crippen LogP contribution in [0.1, 0.15) is 32.7 Å². The predicted octanol–water partition coefficient (Wildman–Crippen LogP) is 6.46. The molecule has 0 bridgehead atoms. The molecule has 0 atom stereocenters. The van der Waals surface area contributed by atoms with E-state index in [1.165, 1.54) is 29.1 Å². The van der Waals surface area contributed by atoms with E-state index in [2.05, 4.69) is 15.6 Å². The zero-order valence-electron chi connectivity index (χ0n) is 21.2.